The number of aromatic amines is 1. The molecule has 0 fully saturated rings. The number of hydrogen-bond donors (Lipinski definition) is 2. The zero-order valence-corrected chi connectivity index (χ0v) is 16.6. The summed E-state index contributed by atoms with van der Waals surface area (Å²) in [6.45, 7) is 3.31. The quantitative estimate of drug-likeness (QED) is 0.658. The predicted octanol–water partition coefficient (Wildman–Crippen LogP) is 3.85. The lowest BCUT2D eigenvalue weighted by Gasteiger charge is -2.35. The molecule has 7 heteroatoms. The molecule has 0 spiro atoms. The van der Waals surface area contributed by atoms with Gasteiger partial charge in [-0.2, -0.15) is 0 Å². The summed E-state index contributed by atoms with van der Waals surface area (Å²) in [6, 6.07) is 18.1. The molecule has 2 N–H and O–H groups in total. The van der Waals surface area contributed by atoms with Crippen molar-refractivity contribution in [2.75, 3.05) is 19.1 Å². The van der Waals surface area contributed by atoms with Crippen LogP contribution in [0.3, 0.4) is 0 Å². The van der Waals surface area contributed by atoms with Crippen molar-refractivity contribution in [1.82, 2.24) is 14.5 Å². The maximum absolute atomic E-state index is 12.7. The molecule has 0 radical (unpaired) electrons. The van der Waals surface area contributed by atoms with Crippen LogP contribution in [0, 0.1) is 4.77 Å². The fraction of sp³-hybridized carbons (Fsp3) is 0.238. The smallest absolute Gasteiger partial charge is 0.258 e. The lowest BCUT2D eigenvalue weighted by atomic mass is 10.1. The minimum atomic E-state index is -0.151. The zero-order valence-electron chi connectivity index (χ0n) is 15.8. The van der Waals surface area contributed by atoms with Crippen molar-refractivity contribution in [3.8, 4) is 11.4 Å². The Balaban J connectivity index is 1.72. The van der Waals surface area contributed by atoms with Crippen LogP contribution in [-0.4, -0.2) is 28.2 Å². The van der Waals surface area contributed by atoms with Gasteiger partial charge in [-0.3, -0.25) is 19.2 Å². The molecule has 2 heterocycles. The van der Waals surface area contributed by atoms with Crippen LogP contribution in [0.1, 0.15) is 24.1 Å². The van der Waals surface area contributed by atoms with E-state index in [-0.39, 0.29) is 11.6 Å². The van der Waals surface area contributed by atoms with Crippen LogP contribution in [-0.2, 0) is 6.54 Å². The van der Waals surface area contributed by atoms with Gasteiger partial charge in [0.15, 0.2) is 4.77 Å². The van der Waals surface area contributed by atoms with Crippen LogP contribution in [0.25, 0.3) is 5.69 Å². The van der Waals surface area contributed by atoms with Crippen LogP contribution in [0.4, 0.5) is 5.82 Å². The van der Waals surface area contributed by atoms with Gasteiger partial charge < -0.3 is 10.1 Å². The maximum atomic E-state index is 12.7. The molecule has 0 saturated carbocycles. The van der Waals surface area contributed by atoms with Crippen molar-refractivity contribution < 1.29 is 4.74 Å². The second kappa shape index (κ2) is 7.61. The van der Waals surface area contributed by atoms with Gasteiger partial charge >= 0.3 is 0 Å². The number of fused-ring (bicyclic) bond motifs is 1. The number of aromatic nitrogens is 2. The lowest BCUT2D eigenvalue weighted by molar-refractivity contribution is 0.207. The Labute approximate surface area is 168 Å². The molecule has 0 unspecified atom stereocenters. The molecule has 1 atom stereocenters. The standard InChI is InChI=1S/C21H22N4O2S/c1-14(15-6-4-3-5-7-15)24-12-18-19(22-13-24)25(21(28)23-20(18)26)16-8-10-17(27-2)11-9-16/h3-11,14,22H,12-13H2,1-2H3,(H,23,26,28)/t14-/m1/s1. The Hall–Kier alpha value is -2.90. The van der Waals surface area contributed by atoms with E-state index in [1.165, 1.54) is 5.56 Å². The van der Waals surface area contributed by atoms with Crippen LogP contribution in [0.2, 0.25) is 0 Å². The number of methoxy groups -OCH3 is 1. The zero-order chi connectivity index (χ0) is 19.7. The molecule has 2 aromatic carbocycles. The summed E-state index contributed by atoms with van der Waals surface area (Å²) in [4.78, 5) is 17.7. The van der Waals surface area contributed by atoms with Crippen molar-refractivity contribution in [1.29, 1.82) is 0 Å². The Bertz CT molecular complexity index is 1090. The largest absolute Gasteiger partial charge is 0.497 e. The highest BCUT2D eigenvalue weighted by molar-refractivity contribution is 7.71. The van der Waals surface area contributed by atoms with Gasteiger partial charge in [0, 0.05) is 12.6 Å². The normalized spacial score (nSPS) is 14.8. The van der Waals surface area contributed by atoms with E-state index < -0.39 is 0 Å². The molecule has 28 heavy (non-hydrogen) atoms. The Morgan fingerprint density at radius 2 is 1.82 bits per heavy atom. The SMILES string of the molecule is COc1ccc(-n2c3c(c(=O)[nH]c2=S)CN([C@H](C)c2ccccc2)CN3)cc1. The van der Waals surface area contributed by atoms with E-state index >= 15 is 0 Å². The summed E-state index contributed by atoms with van der Waals surface area (Å²) in [5, 5.41) is 3.41. The molecule has 144 valence electrons. The minimum Gasteiger partial charge on any atom is -0.497 e. The number of ether oxygens (including phenoxy) is 1. The molecule has 4 rings (SSSR count). The Morgan fingerprint density at radius 1 is 1.11 bits per heavy atom. The highest BCUT2D eigenvalue weighted by atomic mass is 32.1. The highest BCUT2D eigenvalue weighted by Crippen LogP contribution is 2.29. The molecule has 1 aromatic heterocycles. The van der Waals surface area contributed by atoms with E-state index in [1.807, 2.05) is 47.0 Å². The lowest BCUT2D eigenvalue weighted by Crippen LogP contribution is -2.40. The summed E-state index contributed by atoms with van der Waals surface area (Å²) >= 11 is 5.45. The summed E-state index contributed by atoms with van der Waals surface area (Å²) in [6.07, 6.45) is 0. The first-order valence-corrected chi connectivity index (χ1v) is 9.55. The molecule has 0 aliphatic carbocycles. The van der Waals surface area contributed by atoms with Gasteiger partial charge in [-0.25, -0.2) is 0 Å². The first kappa shape index (κ1) is 18.5. The number of anilines is 1. The number of rotatable bonds is 4. The van der Waals surface area contributed by atoms with Gasteiger partial charge in [0.1, 0.15) is 11.6 Å². The number of nitrogens with zero attached hydrogens (tertiary/aromatic N) is 2. The van der Waals surface area contributed by atoms with E-state index in [9.17, 15) is 4.79 Å². The van der Waals surface area contributed by atoms with E-state index in [0.29, 0.717) is 23.5 Å². The number of benzene rings is 2. The fourth-order valence-electron chi connectivity index (χ4n) is 3.53. The second-order valence-corrected chi connectivity index (χ2v) is 7.17. The molecule has 0 saturated heterocycles. The number of nitrogens with one attached hydrogen (secondary N) is 2. The van der Waals surface area contributed by atoms with Crippen LogP contribution < -0.4 is 15.6 Å². The fourth-order valence-corrected chi connectivity index (χ4v) is 3.82. The first-order chi connectivity index (χ1) is 13.6. The van der Waals surface area contributed by atoms with Gasteiger partial charge in [0.25, 0.3) is 5.56 Å². The van der Waals surface area contributed by atoms with Crippen LogP contribution in [0.15, 0.2) is 59.4 Å². The molecular weight excluding hydrogens is 372 g/mol. The van der Waals surface area contributed by atoms with E-state index in [1.54, 1.807) is 7.11 Å². The van der Waals surface area contributed by atoms with Crippen molar-refractivity contribution in [3.63, 3.8) is 0 Å². The molecule has 0 bridgehead atoms. The van der Waals surface area contributed by atoms with Crippen LogP contribution >= 0.6 is 12.2 Å². The molecule has 1 aliphatic rings. The molecular formula is C21H22N4O2S. The van der Waals surface area contributed by atoms with Crippen molar-refractivity contribution in [2.45, 2.75) is 19.5 Å². The van der Waals surface area contributed by atoms with E-state index in [0.717, 1.165) is 17.3 Å². The first-order valence-electron chi connectivity index (χ1n) is 9.14. The van der Waals surface area contributed by atoms with Crippen LogP contribution in [0.5, 0.6) is 5.75 Å². The Kier molecular flexibility index (Phi) is 5.02. The second-order valence-electron chi connectivity index (χ2n) is 6.79. The highest BCUT2D eigenvalue weighted by Gasteiger charge is 2.26. The van der Waals surface area contributed by atoms with E-state index in [4.69, 9.17) is 17.0 Å². The summed E-state index contributed by atoms with van der Waals surface area (Å²) < 4.78 is 7.47. The average Bonchev–Trinajstić information content (AvgIpc) is 2.74. The predicted molar refractivity (Wildman–Crippen MR) is 113 cm³/mol. The monoisotopic (exact) mass is 394 g/mol. The van der Waals surface area contributed by atoms with Gasteiger partial charge in [0.05, 0.1) is 25.0 Å². The topological polar surface area (TPSA) is 62.3 Å². The third-order valence-corrected chi connectivity index (χ3v) is 5.46. The minimum absolute atomic E-state index is 0.151. The van der Waals surface area contributed by atoms with Gasteiger partial charge in [0.2, 0.25) is 0 Å². The molecule has 1 aliphatic heterocycles. The Morgan fingerprint density at radius 3 is 2.50 bits per heavy atom. The van der Waals surface area contributed by atoms with Crippen molar-refractivity contribution in [3.05, 3.63) is 80.8 Å². The van der Waals surface area contributed by atoms with Gasteiger partial charge in [-0.1, -0.05) is 30.3 Å². The third-order valence-electron chi connectivity index (χ3n) is 5.18. The van der Waals surface area contributed by atoms with E-state index in [2.05, 4.69) is 34.3 Å². The maximum Gasteiger partial charge on any atom is 0.258 e. The summed E-state index contributed by atoms with van der Waals surface area (Å²) in [5.74, 6) is 1.51. The molecule has 0 amide bonds. The number of H-pyrrole nitrogens is 1. The van der Waals surface area contributed by atoms with Crippen molar-refractivity contribution in [2.24, 2.45) is 0 Å². The average molecular weight is 395 g/mol. The van der Waals surface area contributed by atoms with Crippen molar-refractivity contribution >= 4 is 18.0 Å². The third kappa shape index (κ3) is 3.34. The summed E-state index contributed by atoms with van der Waals surface area (Å²) in [7, 11) is 1.63. The summed E-state index contributed by atoms with van der Waals surface area (Å²) in [5.41, 5.74) is 2.61. The van der Waals surface area contributed by atoms with Gasteiger partial charge in [-0.05, 0) is 49.0 Å². The molecule has 3 aromatic rings. The molecule has 6 nitrogen and oxygen atoms in total. The van der Waals surface area contributed by atoms with Gasteiger partial charge in [-0.15, -0.1) is 0 Å². The number of hydrogen-bond acceptors (Lipinski definition) is 5.